The first-order valence-corrected chi connectivity index (χ1v) is 7.16. The van der Waals surface area contributed by atoms with Crippen molar-refractivity contribution in [2.45, 2.75) is 31.7 Å². The Balaban J connectivity index is 1.86. The molecule has 1 fully saturated rings. The van der Waals surface area contributed by atoms with Gasteiger partial charge in [-0.15, -0.1) is 0 Å². The highest BCUT2D eigenvalue weighted by Gasteiger charge is 2.29. The van der Waals surface area contributed by atoms with E-state index in [9.17, 15) is 4.79 Å². The average Bonchev–Trinajstić information content (AvgIpc) is 2.60. The molecule has 2 N–H and O–H groups in total. The molecular formula is C15H21N3O. The standard InChI is InChI=1S/C15H21N3O/c1-16-14-12-7-6-11(10-13(12)17-15(14)19)18-8-4-2-3-5-9-18/h6-7,10,14,16H,2-5,8-9H2,1H3,(H,17,19). The Morgan fingerprint density at radius 3 is 2.63 bits per heavy atom. The van der Waals surface area contributed by atoms with Crippen LogP contribution < -0.4 is 15.5 Å². The van der Waals surface area contributed by atoms with Gasteiger partial charge in [0.25, 0.3) is 0 Å². The van der Waals surface area contributed by atoms with Gasteiger partial charge in [0, 0.05) is 30.0 Å². The third-order valence-electron chi connectivity index (χ3n) is 4.13. The van der Waals surface area contributed by atoms with Gasteiger partial charge in [-0.2, -0.15) is 0 Å². The maximum absolute atomic E-state index is 11.8. The number of amides is 1. The summed E-state index contributed by atoms with van der Waals surface area (Å²) in [6, 6.07) is 6.15. The summed E-state index contributed by atoms with van der Waals surface area (Å²) in [5, 5.41) is 6.02. The topological polar surface area (TPSA) is 44.4 Å². The predicted octanol–water partition coefficient (Wildman–Crippen LogP) is 2.28. The van der Waals surface area contributed by atoms with E-state index in [0.717, 1.165) is 24.3 Å². The van der Waals surface area contributed by atoms with Crippen LogP contribution in [0.4, 0.5) is 11.4 Å². The van der Waals surface area contributed by atoms with Gasteiger partial charge in [-0.25, -0.2) is 0 Å². The molecular weight excluding hydrogens is 238 g/mol. The summed E-state index contributed by atoms with van der Waals surface area (Å²) in [7, 11) is 1.82. The highest BCUT2D eigenvalue weighted by atomic mass is 16.2. The van der Waals surface area contributed by atoms with E-state index < -0.39 is 0 Å². The van der Waals surface area contributed by atoms with Crippen molar-refractivity contribution in [3.05, 3.63) is 23.8 Å². The molecule has 19 heavy (non-hydrogen) atoms. The minimum Gasteiger partial charge on any atom is -0.371 e. The average molecular weight is 259 g/mol. The number of carbonyl (C=O) groups excluding carboxylic acids is 1. The number of benzene rings is 1. The molecule has 2 aliphatic heterocycles. The molecule has 102 valence electrons. The Hall–Kier alpha value is -1.55. The minimum atomic E-state index is -0.201. The Morgan fingerprint density at radius 1 is 1.21 bits per heavy atom. The van der Waals surface area contributed by atoms with E-state index >= 15 is 0 Å². The van der Waals surface area contributed by atoms with Crippen molar-refractivity contribution in [2.75, 3.05) is 30.4 Å². The molecule has 0 aromatic heterocycles. The number of anilines is 2. The van der Waals surface area contributed by atoms with Crippen molar-refractivity contribution in [2.24, 2.45) is 0 Å². The van der Waals surface area contributed by atoms with Crippen LogP contribution >= 0.6 is 0 Å². The molecule has 4 heteroatoms. The molecule has 1 unspecified atom stereocenters. The third kappa shape index (κ3) is 2.32. The van der Waals surface area contributed by atoms with Crippen LogP contribution in [0.15, 0.2) is 18.2 Å². The third-order valence-corrected chi connectivity index (χ3v) is 4.13. The highest BCUT2D eigenvalue weighted by molar-refractivity contribution is 6.03. The van der Waals surface area contributed by atoms with Crippen LogP contribution in [0.3, 0.4) is 0 Å². The van der Waals surface area contributed by atoms with Crippen LogP contribution in [-0.4, -0.2) is 26.0 Å². The summed E-state index contributed by atoms with van der Waals surface area (Å²) in [5.41, 5.74) is 3.26. The molecule has 1 amide bonds. The van der Waals surface area contributed by atoms with Gasteiger partial charge < -0.3 is 15.5 Å². The second-order valence-corrected chi connectivity index (χ2v) is 5.38. The quantitative estimate of drug-likeness (QED) is 0.856. The number of nitrogens with one attached hydrogen (secondary N) is 2. The fourth-order valence-corrected chi connectivity index (χ4v) is 3.06. The zero-order chi connectivity index (χ0) is 13.2. The van der Waals surface area contributed by atoms with Gasteiger partial charge in [-0.3, -0.25) is 4.79 Å². The highest BCUT2D eigenvalue weighted by Crippen LogP contribution is 2.34. The Labute approximate surface area is 114 Å². The van der Waals surface area contributed by atoms with Gasteiger partial charge >= 0.3 is 0 Å². The lowest BCUT2D eigenvalue weighted by molar-refractivity contribution is -0.117. The maximum Gasteiger partial charge on any atom is 0.246 e. The molecule has 0 saturated carbocycles. The smallest absolute Gasteiger partial charge is 0.246 e. The fraction of sp³-hybridized carbons (Fsp3) is 0.533. The first kappa shape index (κ1) is 12.5. The van der Waals surface area contributed by atoms with E-state index in [1.54, 1.807) is 0 Å². The number of nitrogens with zero attached hydrogens (tertiary/aromatic N) is 1. The van der Waals surface area contributed by atoms with Crippen molar-refractivity contribution in [3.8, 4) is 0 Å². The lowest BCUT2D eigenvalue weighted by atomic mass is 10.1. The summed E-state index contributed by atoms with van der Waals surface area (Å²) in [6.07, 6.45) is 5.20. The Morgan fingerprint density at radius 2 is 1.95 bits per heavy atom. The lowest BCUT2D eigenvalue weighted by Crippen LogP contribution is -2.24. The lowest BCUT2D eigenvalue weighted by Gasteiger charge is -2.23. The van der Waals surface area contributed by atoms with Crippen LogP contribution in [0.1, 0.15) is 37.3 Å². The molecule has 1 aromatic carbocycles. The molecule has 0 bridgehead atoms. The van der Waals surface area contributed by atoms with Crippen LogP contribution in [-0.2, 0) is 4.79 Å². The van der Waals surface area contributed by atoms with Crippen LogP contribution in [0.5, 0.6) is 0 Å². The monoisotopic (exact) mass is 259 g/mol. The molecule has 1 saturated heterocycles. The van der Waals surface area contributed by atoms with E-state index in [2.05, 4.69) is 33.7 Å². The van der Waals surface area contributed by atoms with Crippen molar-refractivity contribution in [3.63, 3.8) is 0 Å². The number of likely N-dealkylation sites (N-methyl/N-ethyl adjacent to an activating group) is 1. The molecule has 0 aliphatic carbocycles. The molecule has 3 rings (SSSR count). The molecule has 2 aliphatic rings. The summed E-state index contributed by atoms with van der Waals surface area (Å²) >= 11 is 0. The van der Waals surface area contributed by atoms with Crippen LogP contribution in [0.25, 0.3) is 0 Å². The van der Waals surface area contributed by atoms with Gasteiger partial charge in [0.1, 0.15) is 6.04 Å². The molecule has 2 heterocycles. The van der Waals surface area contributed by atoms with Gasteiger partial charge in [0.15, 0.2) is 0 Å². The van der Waals surface area contributed by atoms with Gasteiger partial charge in [0.05, 0.1) is 0 Å². The number of carbonyl (C=O) groups is 1. The van der Waals surface area contributed by atoms with E-state index in [1.165, 1.54) is 31.4 Å². The molecule has 1 aromatic rings. The van der Waals surface area contributed by atoms with Crippen LogP contribution in [0.2, 0.25) is 0 Å². The fourth-order valence-electron chi connectivity index (χ4n) is 3.06. The summed E-state index contributed by atoms with van der Waals surface area (Å²) in [6.45, 7) is 2.25. The van der Waals surface area contributed by atoms with Crippen molar-refractivity contribution < 1.29 is 4.79 Å². The number of hydrogen-bond donors (Lipinski definition) is 2. The van der Waals surface area contributed by atoms with E-state index in [4.69, 9.17) is 0 Å². The summed E-state index contributed by atoms with van der Waals surface area (Å²) in [5.74, 6) is 0.0468. The van der Waals surface area contributed by atoms with E-state index in [0.29, 0.717) is 0 Å². The summed E-state index contributed by atoms with van der Waals surface area (Å²) < 4.78 is 0. The summed E-state index contributed by atoms with van der Waals surface area (Å²) in [4.78, 5) is 14.3. The number of fused-ring (bicyclic) bond motifs is 1. The second kappa shape index (κ2) is 5.21. The van der Waals surface area contributed by atoms with Crippen molar-refractivity contribution >= 4 is 17.3 Å². The Kier molecular flexibility index (Phi) is 3.42. The van der Waals surface area contributed by atoms with Gasteiger partial charge in [0.2, 0.25) is 5.91 Å². The molecule has 1 atom stereocenters. The molecule has 0 radical (unpaired) electrons. The predicted molar refractivity (Wildman–Crippen MR) is 77.6 cm³/mol. The van der Waals surface area contributed by atoms with Gasteiger partial charge in [-0.05, 0) is 32.0 Å². The largest absolute Gasteiger partial charge is 0.371 e. The number of hydrogen-bond acceptors (Lipinski definition) is 3. The maximum atomic E-state index is 11.8. The van der Waals surface area contributed by atoms with Gasteiger partial charge in [-0.1, -0.05) is 18.9 Å². The zero-order valence-corrected chi connectivity index (χ0v) is 11.4. The van der Waals surface area contributed by atoms with Crippen molar-refractivity contribution in [1.82, 2.24) is 5.32 Å². The first-order chi connectivity index (χ1) is 9.29. The zero-order valence-electron chi connectivity index (χ0n) is 11.4. The minimum absolute atomic E-state index is 0.0468. The van der Waals surface area contributed by atoms with E-state index in [1.807, 2.05) is 7.05 Å². The Bertz CT molecular complexity index is 478. The second-order valence-electron chi connectivity index (χ2n) is 5.38. The molecule has 0 spiro atoms. The molecule has 4 nitrogen and oxygen atoms in total. The number of rotatable bonds is 2. The SMILES string of the molecule is CNC1C(=O)Nc2cc(N3CCCCCC3)ccc21. The van der Waals surface area contributed by atoms with Crippen LogP contribution in [0, 0.1) is 0 Å². The van der Waals surface area contributed by atoms with Crippen molar-refractivity contribution in [1.29, 1.82) is 0 Å². The normalized spacial score (nSPS) is 22.9. The van der Waals surface area contributed by atoms with E-state index in [-0.39, 0.29) is 11.9 Å². The first-order valence-electron chi connectivity index (χ1n) is 7.16.